The molecule has 1 N–H and O–H groups in total. The molecule has 5 rings (SSSR count). The molecule has 3 heterocycles. The number of piperazine rings is 1. The molecule has 6 nitrogen and oxygen atoms in total. The first-order valence-electron chi connectivity index (χ1n) is 9.68. The molecule has 0 bridgehead atoms. The highest BCUT2D eigenvalue weighted by Crippen LogP contribution is 2.22. The highest BCUT2D eigenvalue weighted by atomic mass is 16.4. The van der Waals surface area contributed by atoms with Crippen molar-refractivity contribution in [1.82, 2.24) is 14.9 Å². The molecule has 28 heavy (non-hydrogen) atoms. The lowest BCUT2D eigenvalue weighted by Gasteiger charge is -2.36. The van der Waals surface area contributed by atoms with E-state index in [9.17, 15) is 4.79 Å². The lowest BCUT2D eigenvalue weighted by molar-refractivity contribution is 0.261. The van der Waals surface area contributed by atoms with Gasteiger partial charge in [0.05, 0.1) is 11.0 Å². The van der Waals surface area contributed by atoms with Gasteiger partial charge in [-0.1, -0.05) is 12.1 Å². The van der Waals surface area contributed by atoms with Crippen molar-refractivity contribution in [3.63, 3.8) is 0 Å². The number of anilines is 1. The van der Waals surface area contributed by atoms with Gasteiger partial charge in [-0.2, -0.15) is 0 Å². The average Bonchev–Trinajstić information content (AvgIpc) is 3.11. The molecular formula is C22H22N4O2. The number of hydrogen-bond acceptors (Lipinski definition) is 5. The van der Waals surface area contributed by atoms with Crippen LogP contribution in [0.1, 0.15) is 5.56 Å². The SMILES string of the molecule is O=c1[nH]c2ccc(CCN3CCN(c4ccc5ncccc5c4)CC3)cc2o1. The molecule has 0 radical (unpaired) electrons. The molecule has 1 aliphatic rings. The predicted molar refractivity (Wildman–Crippen MR) is 111 cm³/mol. The number of rotatable bonds is 4. The van der Waals surface area contributed by atoms with Crippen molar-refractivity contribution in [2.45, 2.75) is 6.42 Å². The molecule has 1 fully saturated rings. The Morgan fingerprint density at radius 3 is 2.82 bits per heavy atom. The van der Waals surface area contributed by atoms with E-state index in [1.807, 2.05) is 24.4 Å². The lowest BCUT2D eigenvalue weighted by Crippen LogP contribution is -2.47. The molecule has 6 heteroatoms. The summed E-state index contributed by atoms with van der Waals surface area (Å²) in [5, 5.41) is 1.19. The van der Waals surface area contributed by atoms with Gasteiger partial charge in [-0.3, -0.25) is 14.9 Å². The Hall–Kier alpha value is -3.12. The molecule has 1 aliphatic heterocycles. The first kappa shape index (κ1) is 17.0. The van der Waals surface area contributed by atoms with Gasteiger partial charge in [0.15, 0.2) is 5.58 Å². The van der Waals surface area contributed by atoms with Crippen LogP contribution < -0.4 is 10.7 Å². The Bertz CT molecular complexity index is 1170. The Kier molecular flexibility index (Phi) is 4.33. The summed E-state index contributed by atoms with van der Waals surface area (Å²) in [5.74, 6) is -0.396. The number of nitrogens with zero attached hydrogens (tertiary/aromatic N) is 3. The first-order valence-corrected chi connectivity index (χ1v) is 9.68. The average molecular weight is 374 g/mol. The van der Waals surface area contributed by atoms with Gasteiger partial charge in [0.2, 0.25) is 0 Å². The van der Waals surface area contributed by atoms with Crippen LogP contribution in [0, 0.1) is 0 Å². The first-order chi connectivity index (χ1) is 13.7. The van der Waals surface area contributed by atoms with Crippen molar-refractivity contribution in [2.24, 2.45) is 0 Å². The van der Waals surface area contributed by atoms with Crippen LogP contribution in [0.5, 0.6) is 0 Å². The summed E-state index contributed by atoms with van der Waals surface area (Å²) in [6.07, 6.45) is 2.79. The van der Waals surface area contributed by atoms with Crippen molar-refractivity contribution in [3.05, 3.63) is 70.8 Å². The second-order valence-corrected chi connectivity index (χ2v) is 7.30. The molecule has 142 valence electrons. The largest absolute Gasteiger partial charge is 0.417 e. The highest BCUT2D eigenvalue weighted by Gasteiger charge is 2.17. The number of pyridine rings is 1. The zero-order valence-electron chi connectivity index (χ0n) is 15.6. The molecule has 2 aromatic carbocycles. The van der Waals surface area contributed by atoms with E-state index in [1.54, 1.807) is 0 Å². The molecule has 4 aromatic rings. The summed E-state index contributed by atoms with van der Waals surface area (Å²) >= 11 is 0. The maximum Gasteiger partial charge on any atom is 0.417 e. The number of aromatic nitrogens is 2. The van der Waals surface area contributed by atoms with E-state index < -0.39 is 5.76 Å². The van der Waals surface area contributed by atoms with Crippen molar-refractivity contribution >= 4 is 27.7 Å². The summed E-state index contributed by atoms with van der Waals surface area (Å²) in [7, 11) is 0. The van der Waals surface area contributed by atoms with E-state index >= 15 is 0 Å². The van der Waals surface area contributed by atoms with E-state index in [2.05, 4.69) is 50.1 Å². The van der Waals surface area contributed by atoms with E-state index in [4.69, 9.17) is 4.42 Å². The number of hydrogen-bond donors (Lipinski definition) is 1. The quantitative estimate of drug-likeness (QED) is 0.595. The second-order valence-electron chi connectivity index (χ2n) is 7.30. The van der Waals surface area contributed by atoms with E-state index in [0.29, 0.717) is 5.58 Å². The van der Waals surface area contributed by atoms with Crippen molar-refractivity contribution < 1.29 is 4.42 Å². The Morgan fingerprint density at radius 1 is 1.04 bits per heavy atom. The monoisotopic (exact) mass is 374 g/mol. The van der Waals surface area contributed by atoms with E-state index in [-0.39, 0.29) is 0 Å². The van der Waals surface area contributed by atoms with Gasteiger partial charge in [-0.25, -0.2) is 4.79 Å². The number of oxazole rings is 1. The van der Waals surface area contributed by atoms with Crippen molar-refractivity contribution in [1.29, 1.82) is 0 Å². The van der Waals surface area contributed by atoms with Gasteiger partial charge < -0.3 is 9.32 Å². The molecule has 0 aliphatic carbocycles. The third-order valence-electron chi connectivity index (χ3n) is 5.53. The van der Waals surface area contributed by atoms with Crippen LogP contribution in [0.15, 0.2) is 63.9 Å². The van der Waals surface area contributed by atoms with Crippen LogP contribution >= 0.6 is 0 Å². The second kappa shape index (κ2) is 7.13. The minimum atomic E-state index is -0.396. The predicted octanol–water partition coefficient (Wildman–Crippen LogP) is 3.03. The maximum atomic E-state index is 11.3. The summed E-state index contributed by atoms with van der Waals surface area (Å²) in [6, 6.07) is 16.6. The zero-order chi connectivity index (χ0) is 18.9. The molecule has 0 atom stereocenters. The highest BCUT2D eigenvalue weighted by molar-refractivity contribution is 5.82. The fourth-order valence-corrected chi connectivity index (χ4v) is 3.92. The molecule has 0 unspecified atom stereocenters. The Balaban J connectivity index is 1.19. The number of fused-ring (bicyclic) bond motifs is 2. The molecule has 2 aromatic heterocycles. The Labute approximate surface area is 162 Å². The third-order valence-corrected chi connectivity index (χ3v) is 5.53. The van der Waals surface area contributed by atoms with Crippen LogP contribution in [-0.4, -0.2) is 47.6 Å². The fourth-order valence-electron chi connectivity index (χ4n) is 3.92. The summed E-state index contributed by atoms with van der Waals surface area (Å²) in [4.78, 5) is 23.3. The van der Waals surface area contributed by atoms with Crippen LogP contribution in [0.4, 0.5) is 5.69 Å². The molecule has 0 spiro atoms. The van der Waals surface area contributed by atoms with Gasteiger partial charge >= 0.3 is 5.76 Å². The topological polar surface area (TPSA) is 65.4 Å². The van der Waals surface area contributed by atoms with Gasteiger partial charge in [-0.05, 0) is 48.4 Å². The number of aromatic amines is 1. The summed E-state index contributed by atoms with van der Waals surface area (Å²) < 4.78 is 5.16. The minimum absolute atomic E-state index is 0.396. The minimum Gasteiger partial charge on any atom is -0.408 e. The van der Waals surface area contributed by atoms with E-state index in [1.165, 1.54) is 16.6 Å². The van der Waals surface area contributed by atoms with Gasteiger partial charge in [0.1, 0.15) is 0 Å². The molecule has 1 saturated heterocycles. The van der Waals surface area contributed by atoms with Crippen LogP contribution in [0.25, 0.3) is 22.0 Å². The van der Waals surface area contributed by atoms with Crippen molar-refractivity contribution in [2.75, 3.05) is 37.6 Å². The lowest BCUT2D eigenvalue weighted by atomic mass is 10.1. The van der Waals surface area contributed by atoms with Gasteiger partial charge in [0.25, 0.3) is 0 Å². The third kappa shape index (κ3) is 3.39. The Morgan fingerprint density at radius 2 is 1.93 bits per heavy atom. The summed E-state index contributed by atoms with van der Waals surface area (Å²) in [6.45, 7) is 5.16. The van der Waals surface area contributed by atoms with Crippen LogP contribution in [0.2, 0.25) is 0 Å². The van der Waals surface area contributed by atoms with E-state index in [0.717, 1.165) is 50.2 Å². The van der Waals surface area contributed by atoms with Gasteiger partial charge in [-0.15, -0.1) is 0 Å². The van der Waals surface area contributed by atoms with Crippen LogP contribution in [-0.2, 0) is 6.42 Å². The summed E-state index contributed by atoms with van der Waals surface area (Å²) in [5.41, 5.74) is 4.90. The normalized spacial score (nSPS) is 15.5. The zero-order valence-corrected chi connectivity index (χ0v) is 15.6. The molecular weight excluding hydrogens is 352 g/mol. The smallest absolute Gasteiger partial charge is 0.408 e. The number of H-pyrrole nitrogens is 1. The molecule has 0 amide bonds. The standard InChI is InChI=1S/C22H22N4O2/c27-22-24-20-5-3-16(14-21(20)28-22)7-9-25-10-12-26(13-11-25)18-4-6-19-17(15-18)2-1-8-23-19/h1-6,8,14-15H,7,9-13H2,(H,24,27). The fraction of sp³-hybridized carbons (Fsp3) is 0.273. The van der Waals surface area contributed by atoms with Crippen molar-refractivity contribution in [3.8, 4) is 0 Å². The van der Waals surface area contributed by atoms with Gasteiger partial charge in [0, 0.05) is 50.0 Å². The maximum absolute atomic E-state index is 11.3. The number of benzene rings is 2. The number of nitrogens with one attached hydrogen (secondary N) is 1. The molecule has 0 saturated carbocycles. The van der Waals surface area contributed by atoms with Crippen LogP contribution in [0.3, 0.4) is 0 Å².